The Morgan fingerprint density at radius 2 is 1.82 bits per heavy atom. The molecule has 3 atom stereocenters. The van der Waals surface area contributed by atoms with Crippen molar-refractivity contribution in [1.82, 2.24) is 14.4 Å². The Bertz CT molecular complexity index is 1370. The minimum absolute atomic E-state index is 0.0748. The van der Waals surface area contributed by atoms with Crippen LogP contribution >= 0.6 is 0 Å². The molecule has 0 aliphatic carbocycles. The van der Waals surface area contributed by atoms with E-state index >= 15 is 0 Å². The van der Waals surface area contributed by atoms with Crippen molar-refractivity contribution >= 4 is 28.6 Å². The van der Waals surface area contributed by atoms with Crippen LogP contribution < -0.4 is 5.73 Å². The number of carbonyl (C=O) groups is 2. The number of hydrogen-bond donors (Lipinski definition) is 2. The number of ether oxygens (including phenoxy) is 1. The molecule has 40 heavy (non-hydrogen) atoms. The smallest absolute Gasteiger partial charge is 0.328 e. The normalized spacial score (nSPS) is 20.2. The SMILES string of the molecule is CCOC(=O)C(c1ccccc1)N1CCCC1C(=O)N1CCCC1CCc1cc2ccc(C(=N)N)cc2n1CC. The molecule has 5 rings (SSSR count). The highest BCUT2D eigenvalue weighted by atomic mass is 16.5. The molecule has 2 aliphatic rings. The highest BCUT2D eigenvalue weighted by Gasteiger charge is 2.43. The maximum Gasteiger partial charge on any atom is 0.328 e. The predicted octanol–water partition coefficient (Wildman–Crippen LogP) is 4.64. The lowest BCUT2D eigenvalue weighted by molar-refractivity contribution is -0.152. The van der Waals surface area contributed by atoms with Gasteiger partial charge in [-0.1, -0.05) is 42.5 Å². The highest BCUT2D eigenvalue weighted by Crippen LogP contribution is 2.34. The van der Waals surface area contributed by atoms with Gasteiger partial charge < -0.3 is 19.9 Å². The Balaban J connectivity index is 1.33. The van der Waals surface area contributed by atoms with Crippen molar-refractivity contribution in [2.45, 2.75) is 77.0 Å². The van der Waals surface area contributed by atoms with E-state index in [1.54, 1.807) is 0 Å². The second-order valence-electron chi connectivity index (χ2n) is 10.9. The Hall–Kier alpha value is -3.65. The summed E-state index contributed by atoms with van der Waals surface area (Å²) in [4.78, 5) is 31.3. The van der Waals surface area contributed by atoms with E-state index in [0.29, 0.717) is 13.2 Å². The molecule has 0 radical (unpaired) electrons. The molecule has 8 heteroatoms. The zero-order valence-electron chi connectivity index (χ0n) is 23.6. The predicted molar refractivity (Wildman–Crippen MR) is 157 cm³/mol. The zero-order valence-corrected chi connectivity index (χ0v) is 23.6. The zero-order chi connectivity index (χ0) is 28.2. The van der Waals surface area contributed by atoms with Crippen molar-refractivity contribution in [3.05, 3.63) is 71.4 Å². The first-order valence-electron chi connectivity index (χ1n) is 14.7. The van der Waals surface area contributed by atoms with Crippen molar-refractivity contribution in [3.63, 3.8) is 0 Å². The first kappa shape index (κ1) is 27.9. The molecule has 1 aromatic heterocycles. The van der Waals surface area contributed by atoms with Crippen molar-refractivity contribution in [1.29, 1.82) is 5.41 Å². The summed E-state index contributed by atoms with van der Waals surface area (Å²) in [5.41, 5.74) is 9.68. The second-order valence-corrected chi connectivity index (χ2v) is 10.9. The summed E-state index contributed by atoms with van der Waals surface area (Å²) in [6, 6.07) is 17.2. The topological polar surface area (TPSA) is 105 Å². The van der Waals surface area contributed by atoms with Crippen LogP contribution in [0.3, 0.4) is 0 Å². The summed E-state index contributed by atoms with van der Waals surface area (Å²) in [6.45, 7) is 6.57. The fourth-order valence-corrected chi connectivity index (χ4v) is 6.67. The number of nitrogens with zero attached hydrogens (tertiary/aromatic N) is 3. The van der Waals surface area contributed by atoms with Crippen LogP contribution in [0, 0.1) is 5.41 Å². The summed E-state index contributed by atoms with van der Waals surface area (Å²) in [5, 5.41) is 8.96. The first-order chi connectivity index (χ1) is 19.4. The van der Waals surface area contributed by atoms with Crippen molar-refractivity contribution < 1.29 is 14.3 Å². The molecule has 0 bridgehead atoms. The maximum atomic E-state index is 14.1. The van der Waals surface area contributed by atoms with Crippen molar-refractivity contribution in [2.24, 2.45) is 5.73 Å². The highest BCUT2D eigenvalue weighted by molar-refractivity contribution is 5.98. The molecule has 0 spiro atoms. The number of benzene rings is 2. The van der Waals surface area contributed by atoms with Gasteiger partial charge in [0.1, 0.15) is 11.9 Å². The van der Waals surface area contributed by atoms with Gasteiger partial charge in [0.25, 0.3) is 0 Å². The summed E-state index contributed by atoms with van der Waals surface area (Å²) >= 11 is 0. The second kappa shape index (κ2) is 12.3. The van der Waals surface area contributed by atoms with Crippen molar-refractivity contribution in [3.8, 4) is 0 Å². The third-order valence-electron chi connectivity index (χ3n) is 8.55. The van der Waals surface area contributed by atoms with Crippen LogP contribution in [-0.2, 0) is 27.3 Å². The number of nitrogen functional groups attached to an aromatic ring is 1. The quantitative estimate of drug-likeness (QED) is 0.220. The fraction of sp³-hybridized carbons (Fsp3) is 0.469. The van der Waals surface area contributed by atoms with E-state index in [1.807, 2.05) is 55.5 Å². The lowest BCUT2D eigenvalue weighted by Crippen LogP contribution is -2.50. The number of rotatable bonds is 10. The number of nitrogens with one attached hydrogen (secondary N) is 1. The van der Waals surface area contributed by atoms with E-state index in [0.717, 1.165) is 73.6 Å². The number of amidine groups is 1. The van der Waals surface area contributed by atoms with Crippen LogP contribution in [-0.4, -0.2) is 63.9 Å². The number of likely N-dealkylation sites (tertiary alicyclic amines) is 2. The van der Waals surface area contributed by atoms with E-state index < -0.39 is 6.04 Å². The number of aryl methyl sites for hydroxylation is 2. The van der Waals surface area contributed by atoms with Crippen LogP contribution in [0.25, 0.3) is 10.9 Å². The Labute approximate surface area is 236 Å². The molecule has 2 saturated heterocycles. The van der Waals surface area contributed by atoms with Gasteiger partial charge in [-0.25, -0.2) is 4.79 Å². The van der Waals surface area contributed by atoms with Gasteiger partial charge in [-0.05, 0) is 75.5 Å². The molecule has 212 valence electrons. The summed E-state index contributed by atoms with van der Waals surface area (Å²) in [5.74, 6) is -0.0649. The van der Waals surface area contributed by atoms with E-state index in [4.69, 9.17) is 15.9 Å². The Morgan fingerprint density at radius 1 is 1.05 bits per heavy atom. The van der Waals surface area contributed by atoms with Crippen LogP contribution in [0.5, 0.6) is 0 Å². The third-order valence-corrected chi connectivity index (χ3v) is 8.55. The van der Waals surface area contributed by atoms with Gasteiger partial charge >= 0.3 is 5.97 Å². The van der Waals surface area contributed by atoms with E-state index in [2.05, 4.69) is 27.4 Å². The molecule has 3 aromatic rings. The fourth-order valence-electron chi connectivity index (χ4n) is 6.67. The van der Waals surface area contributed by atoms with Gasteiger partial charge in [0.05, 0.1) is 12.6 Å². The first-order valence-corrected chi connectivity index (χ1v) is 14.7. The minimum atomic E-state index is -0.571. The molecule has 2 fully saturated rings. The van der Waals surface area contributed by atoms with Gasteiger partial charge in [0.15, 0.2) is 0 Å². The van der Waals surface area contributed by atoms with Gasteiger partial charge in [-0.3, -0.25) is 15.1 Å². The number of amides is 1. The lowest BCUT2D eigenvalue weighted by Gasteiger charge is -2.35. The van der Waals surface area contributed by atoms with Crippen molar-refractivity contribution in [2.75, 3.05) is 19.7 Å². The minimum Gasteiger partial charge on any atom is -0.465 e. The Kier molecular flexibility index (Phi) is 8.54. The maximum absolute atomic E-state index is 14.1. The average Bonchev–Trinajstić information content (AvgIpc) is 3.70. The number of hydrogen-bond acceptors (Lipinski definition) is 5. The molecule has 3 unspecified atom stereocenters. The van der Waals surface area contributed by atoms with Gasteiger partial charge in [0, 0.05) is 42.5 Å². The standard InChI is InChI=1S/C32H41N5O3/c1-3-35-26(20-23-14-15-24(30(33)34)21-28(23)35)17-16-25-12-8-18-36(25)31(38)27-13-9-19-37(27)29(32(39)40-4-2)22-10-6-5-7-11-22/h5-7,10-11,14-15,20-21,25,27,29H,3-4,8-9,12-13,16-19H2,1-2H3,(H3,33,34). The number of fused-ring (bicyclic) bond motifs is 1. The van der Waals surface area contributed by atoms with E-state index in [9.17, 15) is 9.59 Å². The van der Waals surface area contributed by atoms with Crippen LogP contribution in [0.2, 0.25) is 0 Å². The van der Waals surface area contributed by atoms with E-state index in [1.165, 1.54) is 5.69 Å². The molecule has 3 N–H and O–H groups in total. The van der Waals surface area contributed by atoms with Gasteiger partial charge in [-0.15, -0.1) is 0 Å². The molecular formula is C32H41N5O3. The summed E-state index contributed by atoms with van der Waals surface area (Å²) in [6.07, 6.45) is 5.41. The van der Waals surface area contributed by atoms with Gasteiger partial charge in [-0.2, -0.15) is 0 Å². The summed E-state index contributed by atoms with van der Waals surface area (Å²) in [7, 11) is 0. The molecule has 0 saturated carbocycles. The average molecular weight is 544 g/mol. The molecule has 1 amide bonds. The Morgan fingerprint density at radius 3 is 2.55 bits per heavy atom. The largest absolute Gasteiger partial charge is 0.465 e. The van der Waals surface area contributed by atoms with E-state index in [-0.39, 0.29) is 29.8 Å². The number of nitrogens with two attached hydrogens (primary N) is 1. The molecular weight excluding hydrogens is 502 g/mol. The third kappa shape index (κ3) is 5.50. The van der Waals surface area contributed by atoms with Crippen LogP contribution in [0.4, 0.5) is 0 Å². The lowest BCUT2D eigenvalue weighted by atomic mass is 10.0. The number of aromatic nitrogens is 1. The molecule has 2 aliphatic heterocycles. The molecule has 2 aromatic carbocycles. The van der Waals surface area contributed by atoms with Gasteiger partial charge in [0.2, 0.25) is 5.91 Å². The number of esters is 1. The number of carbonyl (C=O) groups excluding carboxylic acids is 2. The molecule has 8 nitrogen and oxygen atoms in total. The van der Waals surface area contributed by atoms with Crippen LogP contribution in [0.15, 0.2) is 54.6 Å². The molecule has 3 heterocycles. The monoisotopic (exact) mass is 543 g/mol. The summed E-state index contributed by atoms with van der Waals surface area (Å²) < 4.78 is 7.77. The van der Waals surface area contributed by atoms with Crippen LogP contribution in [0.1, 0.15) is 68.8 Å².